The first-order valence-corrected chi connectivity index (χ1v) is 17.7. The lowest BCUT2D eigenvalue weighted by Gasteiger charge is -2.26. The molecule has 6 rings (SSSR count). The van der Waals surface area contributed by atoms with Crippen LogP contribution in [-0.2, 0) is 33.7 Å². The highest BCUT2D eigenvalue weighted by Crippen LogP contribution is 2.26. The number of hydrogen-bond acceptors (Lipinski definition) is 9. The maximum absolute atomic E-state index is 13.6. The molecule has 13 nitrogen and oxygen atoms in total. The van der Waals surface area contributed by atoms with Crippen LogP contribution in [0.25, 0.3) is 17.0 Å². The third-order valence-corrected chi connectivity index (χ3v) is 9.35. The van der Waals surface area contributed by atoms with E-state index in [4.69, 9.17) is 14.6 Å². The van der Waals surface area contributed by atoms with Crippen molar-refractivity contribution in [3.8, 4) is 11.8 Å². The number of hydrogen-bond donors (Lipinski definition) is 3. The molecule has 1 fully saturated rings. The van der Waals surface area contributed by atoms with Crippen molar-refractivity contribution in [3.63, 3.8) is 0 Å². The van der Waals surface area contributed by atoms with E-state index in [-0.39, 0.29) is 12.1 Å². The van der Waals surface area contributed by atoms with Gasteiger partial charge < -0.3 is 34.6 Å². The number of anilines is 1. The molecule has 2 aromatic heterocycles. The third kappa shape index (κ3) is 9.48. The first kappa shape index (κ1) is 36.8. The smallest absolute Gasteiger partial charge is 0.262 e. The number of nitriles is 1. The average molecular weight is 716 g/mol. The Morgan fingerprint density at radius 1 is 1.06 bits per heavy atom. The second-order valence-electron chi connectivity index (χ2n) is 13.1. The van der Waals surface area contributed by atoms with Crippen molar-refractivity contribution in [2.24, 2.45) is 0 Å². The first-order valence-electron chi connectivity index (χ1n) is 17.7. The molecule has 0 unspecified atom stereocenters. The Bertz CT molecular complexity index is 2070. The minimum absolute atomic E-state index is 0.102. The molecular weight excluding hydrogens is 670 g/mol. The summed E-state index contributed by atoms with van der Waals surface area (Å²) in [5, 5.41) is 25.9. The van der Waals surface area contributed by atoms with Gasteiger partial charge in [0.2, 0.25) is 5.91 Å². The van der Waals surface area contributed by atoms with E-state index in [1.165, 1.54) is 6.08 Å². The van der Waals surface area contributed by atoms with Crippen LogP contribution in [-0.4, -0.2) is 97.1 Å². The van der Waals surface area contributed by atoms with Gasteiger partial charge in [0.05, 0.1) is 39.5 Å². The van der Waals surface area contributed by atoms with Crippen molar-refractivity contribution in [2.75, 3.05) is 65.5 Å². The number of carbonyl (C=O) groups is 2. The molecule has 1 aliphatic heterocycles. The second-order valence-corrected chi connectivity index (χ2v) is 13.1. The van der Waals surface area contributed by atoms with E-state index in [0.29, 0.717) is 44.0 Å². The molecule has 1 aliphatic rings. The van der Waals surface area contributed by atoms with Gasteiger partial charge in [-0.15, -0.1) is 10.2 Å². The van der Waals surface area contributed by atoms with Gasteiger partial charge in [0.25, 0.3) is 5.91 Å². The fourth-order valence-electron chi connectivity index (χ4n) is 6.37. The number of amides is 2. The lowest BCUT2D eigenvalue weighted by molar-refractivity contribution is -0.124. The molecule has 0 aliphatic carbocycles. The van der Waals surface area contributed by atoms with Crippen molar-refractivity contribution in [2.45, 2.75) is 25.4 Å². The maximum Gasteiger partial charge on any atom is 0.262 e. The Morgan fingerprint density at radius 2 is 1.81 bits per heavy atom. The van der Waals surface area contributed by atoms with E-state index in [2.05, 4.69) is 30.2 Å². The van der Waals surface area contributed by atoms with E-state index in [1.807, 2.05) is 104 Å². The Hall–Kier alpha value is -5.97. The summed E-state index contributed by atoms with van der Waals surface area (Å²) in [6, 6.07) is 24.7. The van der Waals surface area contributed by atoms with Crippen LogP contribution in [0.15, 0.2) is 84.6 Å². The largest absolute Gasteiger partial charge is 0.497 e. The van der Waals surface area contributed by atoms with Crippen LogP contribution in [0.2, 0.25) is 0 Å². The number of nitrogens with zero attached hydrogens (tertiary/aromatic N) is 6. The summed E-state index contributed by atoms with van der Waals surface area (Å²) in [4.78, 5) is 34.4. The molecule has 13 heteroatoms. The van der Waals surface area contributed by atoms with Crippen molar-refractivity contribution in [3.05, 3.63) is 113 Å². The Morgan fingerprint density at radius 3 is 2.53 bits per heavy atom. The zero-order valence-corrected chi connectivity index (χ0v) is 30.3. The van der Waals surface area contributed by atoms with Crippen LogP contribution in [0.1, 0.15) is 34.4 Å². The van der Waals surface area contributed by atoms with Crippen molar-refractivity contribution < 1.29 is 19.1 Å². The van der Waals surface area contributed by atoms with Crippen LogP contribution < -0.4 is 20.3 Å². The molecule has 274 valence electrons. The van der Waals surface area contributed by atoms with Gasteiger partial charge in [0.1, 0.15) is 23.2 Å². The van der Waals surface area contributed by atoms with Crippen molar-refractivity contribution in [1.82, 2.24) is 35.3 Å². The van der Waals surface area contributed by atoms with Crippen LogP contribution in [0, 0.1) is 11.3 Å². The number of H-pyrrole nitrogens is 1. The number of carbonyl (C=O) groups excluding carboxylic acids is 2. The summed E-state index contributed by atoms with van der Waals surface area (Å²) in [5.41, 5.74) is 4.60. The number of para-hydroxylation sites is 1. The van der Waals surface area contributed by atoms with Crippen molar-refractivity contribution >= 4 is 34.5 Å². The molecule has 1 saturated heterocycles. The van der Waals surface area contributed by atoms with Gasteiger partial charge >= 0.3 is 0 Å². The zero-order chi connectivity index (χ0) is 37.2. The monoisotopic (exact) mass is 715 g/mol. The van der Waals surface area contributed by atoms with E-state index in [0.717, 1.165) is 58.9 Å². The highest BCUT2D eigenvalue weighted by molar-refractivity contribution is 6.03. The number of nitrogens with one attached hydrogen (secondary N) is 3. The van der Waals surface area contributed by atoms with E-state index in [9.17, 15) is 14.9 Å². The predicted octanol–water partition coefficient (Wildman–Crippen LogP) is 3.88. The van der Waals surface area contributed by atoms with Gasteiger partial charge in [-0.2, -0.15) is 5.26 Å². The Kier molecular flexibility index (Phi) is 12.2. The highest BCUT2D eigenvalue weighted by Gasteiger charge is 2.26. The normalized spacial score (nSPS) is 14.0. The molecule has 1 atom stereocenters. The molecule has 3 aromatic carbocycles. The van der Waals surface area contributed by atoms with E-state index >= 15 is 0 Å². The fourth-order valence-corrected chi connectivity index (χ4v) is 6.37. The summed E-state index contributed by atoms with van der Waals surface area (Å²) in [5.74, 6) is 1.09. The molecular formula is C40H45N9O4. The standard InChI is InChI=1S/C40H45N9O4/c1-47(2)32-12-8-28(9-13-32)22-30(24-41)40(51)43-26-38(50)44-36(23-31-25-42-35-7-5-4-6-34(31)35)39-46-45-37(16-17-48-18-20-53-21-19-48)49(39)27-29-10-14-33(52-3)15-11-29/h4-15,22,25,36,42H,16-21,23,26-27H2,1-3H3,(H,43,51)(H,44,50)/b30-22+/t36-/m1/s1. The fraction of sp³-hybridized carbons (Fsp3) is 0.325. The lowest BCUT2D eigenvalue weighted by Crippen LogP contribution is -2.40. The molecule has 3 N–H and O–H groups in total. The van der Waals surface area contributed by atoms with Gasteiger partial charge in [-0.05, 0) is 53.1 Å². The highest BCUT2D eigenvalue weighted by atomic mass is 16.5. The number of benzene rings is 3. The average Bonchev–Trinajstić information content (AvgIpc) is 3.79. The Labute approximate surface area is 309 Å². The minimum Gasteiger partial charge on any atom is -0.497 e. The number of fused-ring (bicyclic) bond motifs is 1. The summed E-state index contributed by atoms with van der Waals surface area (Å²) in [6.07, 6.45) is 4.53. The maximum atomic E-state index is 13.6. The Balaban J connectivity index is 1.25. The molecule has 0 saturated carbocycles. The van der Waals surface area contributed by atoms with Gasteiger partial charge in [-0.3, -0.25) is 14.5 Å². The predicted molar refractivity (Wildman–Crippen MR) is 203 cm³/mol. The van der Waals surface area contributed by atoms with Gasteiger partial charge in [0, 0.05) is 69.4 Å². The van der Waals surface area contributed by atoms with E-state index in [1.54, 1.807) is 7.11 Å². The number of ether oxygens (including phenoxy) is 2. The molecule has 0 spiro atoms. The lowest BCUT2D eigenvalue weighted by atomic mass is 10.0. The number of morpholine rings is 1. The number of aromatic amines is 1. The van der Waals surface area contributed by atoms with Gasteiger partial charge in [-0.1, -0.05) is 42.5 Å². The molecule has 0 bridgehead atoms. The third-order valence-electron chi connectivity index (χ3n) is 9.35. The zero-order valence-electron chi connectivity index (χ0n) is 30.3. The summed E-state index contributed by atoms with van der Waals surface area (Å²) >= 11 is 0. The van der Waals surface area contributed by atoms with Crippen LogP contribution in [0.5, 0.6) is 5.75 Å². The van der Waals surface area contributed by atoms with Crippen LogP contribution in [0.4, 0.5) is 5.69 Å². The first-order chi connectivity index (χ1) is 25.8. The van der Waals surface area contributed by atoms with Gasteiger partial charge in [0.15, 0.2) is 5.82 Å². The quantitative estimate of drug-likeness (QED) is 0.108. The summed E-state index contributed by atoms with van der Waals surface area (Å²) < 4.78 is 13.0. The number of aromatic nitrogens is 4. The van der Waals surface area contributed by atoms with Crippen molar-refractivity contribution in [1.29, 1.82) is 5.26 Å². The molecule has 53 heavy (non-hydrogen) atoms. The number of rotatable bonds is 15. The van der Waals surface area contributed by atoms with Crippen LogP contribution >= 0.6 is 0 Å². The van der Waals surface area contributed by atoms with Crippen LogP contribution in [0.3, 0.4) is 0 Å². The SMILES string of the molecule is COc1ccc(Cn2c(CCN3CCOCC3)nnc2[C@@H](Cc2c[nH]c3ccccc23)NC(=O)CNC(=O)/C(C#N)=C/c2ccc(N(C)C)cc2)cc1. The second kappa shape index (κ2) is 17.5. The molecule has 2 amide bonds. The van der Waals surface area contributed by atoms with Gasteiger partial charge in [-0.25, -0.2) is 0 Å². The molecule has 3 heterocycles. The minimum atomic E-state index is -0.638. The molecule has 5 aromatic rings. The topological polar surface area (TPSA) is 153 Å². The summed E-state index contributed by atoms with van der Waals surface area (Å²) in [7, 11) is 5.51. The van der Waals surface area contributed by atoms with E-state index < -0.39 is 17.9 Å². The number of methoxy groups -OCH3 is 1. The summed E-state index contributed by atoms with van der Waals surface area (Å²) in [6.45, 7) is 4.06. The molecule has 0 radical (unpaired) electrons.